The maximum absolute atomic E-state index is 12.1. The summed E-state index contributed by atoms with van der Waals surface area (Å²) in [6.45, 7) is 2.48. The molecule has 1 N–H and O–H groups in total. The Hall–Kier alpha value is -1.32. The van der Waals surface area contributed by atoms with Gasteiger partial charge in [-0.1, -0.05) is 37.3 Å². The average Bonchev–Trinajstić information content (AvgIpc) is 2.93. The third kappa shape index (κ3) is 3.58. The molecule has 2 nitrogen and oxygen atoms in total. The van der Waals surface area contributed by atoms with Crippen molar-refractivity contribution in [3.63, 3.8) is 0 Å². The molecule has 0 saturated carbocycles. The number of rotatable bonds is 5. The normalized spacial score (nSPS) is 12.1. The lowest BCUT2D eigenvalue weighted by atomic mass is 10.1. The van der Waals surface area contributed by atoms with E-state index in [1.807, 2.05) is 48.7 Å². The predicted molar refractivity (Wildman–Crippen MR) is 81.1 cm³/mol. The zero-order valence-corrected chi connectivity index (χ0v) is 12.3. The Morgan fingerprint density at radius 2 is 2.05 bits per heavy atom. The summed E-state index contributed by atoms with van der Waals surface area (Å²) in [5.74, 6) is -0.0339. The number of carbonyl (C=O) groups excluding carboxylic acids is 1. The highest BCUT2D eigenvalue weighted by atomic mass is 35.5. The lowest BCUT2D eigenvalue weighted by molar-refractivity contribution is 0.0957. The van der Waals surface area contributed by atoms with Crippen LogP contribution in [0.3, 0.4) is 0 Å². The fraction of sp³-hybridized carbons (Fsp3) is 0.267. The molecule has 0 aliphatic rings. The van der Waals surface area contributed by atoms with Gasteiger partial charge in [0.15, 0.2) is 0 Å². The van der Waals surface area contributed by atoms with E-state index in [0.29, 0.717) is 6.54 Å². The first-order valence-corrected chi connectivity index (χ1v) is 7.57. The van der Waals surface area contributed by atoms with Crippen LogP contribution in [0.4, 0.5) is 0 Å². The topological polar surface area (TPSA) is 29.1 Å². The molecule has 19 heavy (non-hydrogen) atoms. The van der Waals surface area contributed by atoms with Gasteiger partial charge in [0, 0.05) is 6.54 Å². The van der Waals surface area contributed by atoms with Gasteiger partial charge in [-0.15, -0.1) is 22.9 Å². The number of carbonyl (C=O) groups is 1. The van der Waals surface area contributed by atoms with Crippen LogP contribution < -0.4 is 5.32 Å². The fourth-order valence-corrected chi connectivity index (χ4v) is 2.99. The van der Waals surface area contributed by atoms with Crippen molar-refractivity contribution in [1.82, 2.24) is 5.32 Å². The van der Waals surface area contributed by atoms with Crippen LogP contribution >= 0.6 is 22.9 Å². The van der Waals surface area contributed by atoms with E-state index in [1.165, 1.54) is 11.3 Å². The lowest BCUT2D eigenvalue weighted by Gasteiger charge is -2.11. The minimum Gasteiger partial charge on any atom is -0.350 e. The number of nitrogens with one attached hydrogen (secondary N) is 1. The van der Waals surface area contributed by atoms with Gasteiger partial charge in [-0.05, 0) is 29.0 Å². The van der Waals surface area contributed by atoms with Crippen LogP contribution in [-0.4, -0.2) is 12.5 Å². The van der Waals surface area contributed by atoms with Crippen LogP contribution in [0.1, 0.15) is 33.1 Å². The van der Waals surface area contributed by atoms with E-state index in [9.17, 15) is 4.79 Å². The summed E-state index contributed by atoms with van der Waals surface area (Å²) in [5, 5.41) is 4.65. The minimum absolute atomic E-state index is 0.0339. The Bertz CT molecular complexity index is 538. The van der Waals surface area contributed by atoms with Crippen molar-refractivity contribution in [2.75, 3.05) is 6.54 Å². The van der Waals surface area contributed by atoms with Crippen LogP contribution in [0, 0.1) is 0 Å². The average molecular weight is 294 g/mol. The van der Waals surface area contributed by atoms with Crippen LogP contribution in [0.5, 0.6) is 0 Å². The molecule has 1 amide bonds. The van der Waals surface area contributed by atoms with E-state index in [4.69, 9.17) is 11.6 Å². The molecule has 1 aromatic heterocycles. The van der Waals surface area contributed by atoms with Gasteiger partial charge in [-0.2, -0.15) is 0 Å². The van der Waals surface area contributed by atoms with Gasteiger partial charge in [-0.25, -0.2) is 0 Å². The summed E-state index contributed by atoms with van der Waals surface area (Å²) in [5.41, 5.74) is 2.11. The summed E-state index contributed by atoms with van der Waals surface area (Å²) in [7, 11) is 0. The van der Waals surface area contributed by atoms with Crippen molar-refractivity contribution in [2.45, 2.75) is 18.7 Å². The number of hydrogen-bond donors (Lipinski definition) is 1. The summed E-state index contributed by atoms with van der Waals surface area (Å²) in [6, 6.07) is 11.8. The Morgan fingerprint density at radius 1 is 1.32 bits per heavy atom. The van der Waals surface area contributed by atoms with E-state index in [2.05, 4.69) is 5.32 Å². The summed E-state index contributed by atoms with van der Waals surface area (Å²) in [4.78, 5) is 12.9. The molecule has 100 valence electrons. The second-order valence-corrected chi connectivity index (χ2v) is 5.66. The summed E-state index contributed by atoms with van der Waals surface area (Å²) in [6.07, 6.45) is 0.870. The SMILES string of the molecule is CCc1ccsc1C(=O)NCC(Cl)c1ccccc1. The third-order valence-corrected chi connectivity index (χ3v) is 4.30. The second kappa shape index (κ2) is 6.73. The first kappa shape index (κ1) is 14.1. The van der Waals surface area contributed by atoms with Crippen LogP contribution in [0.25, 0.3) is 0 Å². The number of halogens is 1. The van der Waals surface area contributed by atoms with Crippen molar-refractivity contribution in [2.24, 2.45) is 0 Å². The van der Waals surface area contributed by atoms with Crippen molar-refractivity contribution >= 4 is 28.8 Å². The highest BCUT2D eigenvalue weighted by Gasteiger charge is 2.14. The van der Waals surface area contributed by atoms with E-state index >= 15 is 0 Å². The highest BCUT2D eigenvalue weighted by Crippen LogP contribution is 2.20. The largest absolute Gasteiger partial charge is 0.350 e. The quantitative estimate of drug-likeness (QED) is 0.829. The van der Waals surface area contributed by atoms with Gasteiger partial charge in [-0.3, -0.25) is 4.79 Å². The van der Waals surface area contributed by atoms with Crippen LogP contribution in [0.15, 0.2) is 41.8 Å². The van der Waals surface area contributed by atoms with Gasteiger partial charge in [0.25, 0.3) is 5.91 Å². The van der Waals surface area contributed by atoms with Crippen molar-refractivity contribution in [3.8, 4) is 0 Å². The highest BCUT2D eigenvalue weighted by molar-refractivity contribution is 7.12. The third-order valence-electron chi connectivity index (χ3n) is 2.94. The lowest BCUT2D eigenvalue weighted by Crippen LogP contribution is -2.26. The fourth-order valence-electron chi connectivity index (χ4n) is 1.86. The molecule has 0 radical (unpaired) electrons. The van der Waals surface area contributed by atoms with E-state index in [1.54, 1.807) is 0 Å². The molecule has 0 aliphatic carbocycles. The number of benzene rings is 1. The smallest absolute Gasteiger partial charge is 0.261 e. The first-order chi connectivity index (χ1) is 9.22. The Balaban J connectivity index is 1.94. The molecule has 1 atom stereocenters. The van der Waals surface area contributed by atoms with Crippen molar-refractivity contribution in [1.29, 1.82) is 0 Å². The van der Waals surface area contributed by atoms with E-state index in [0.717, 1.165) is 22.4 Å². The molecule has 0 fully saturated rings. The molecule has 0 saturated heterocycles. The number of alkyl halides is 1. The molecular weight excluding hydrogens is 278 g/mol. The monoisotopic (exact) mass is 293 g/mol. The van der Waals surface area contributed by atoms with Gasteiger partial charge < -0.3 is 5.32 Å². The van der Waals surface area contributed by atoms with Gasteiger partial charge in [0.2, 0.25) is 0 Å². The summed E-state index contributed by atoms with van der Waals surface area (Å²) >= 11 is 7.75. The van der Waals surface area contributed by atoms with Crippen LogP contribution in [0.2, 0.25) is 0 Å². The molecule has 0 aliphatic heterocycles. The number of aryl methyl sites for hydroxylation is 1. The van der Waals surface area contributed by atoms with Gasteiger partial charge in [0.05, 0.1) is 10.3 Å². The molecule has 1 heterocycles. The maximum Gasteiger partial charge on any atom is 0.261 e. The minimum atomic E-state index is -0.199. The summed E-state index contributed by atoms with van der Waals surface area (Å²) < 4.78 is 0. The molecule has 1 unspecified atom stereocenters. The molecule has 1 aromatic carbocycles. The Labute approximate surface area is 122 Å². The molecule has 2 rings (SSSR count). The van der Waals surface area contributed by atoms with Crippen LogP contribution in [-0.2, 0) is 6.42 Å². The zero-order valence-electron chi connectivity index (χ0n) is 10.7. The van der Waals surface area contributed by atoms with E-state index in [-0.39, 0.29) is 11.3 Å². The maximum atomic E-state index is 12.1. The number of hydrogen-bond acceptors (Lipinski definition) is 2. The second-order valence-electron chi connectivity index (χ2n) is 4.22. The number of amides is 1. The molecule has 0 spiro atoms. The first-order valence-electron chi connectivity index (χ1n) is 6.26. The standard InChI is InChI=1S/C15H16ClNOS/c1-2-11-8-9-19-14(11)15(18)17-10-13(16)12-6-4-3-5-7-12/h3-9,13H,2,10H2,1H3,(H,17,18). The molecule has 0 bridgehead atoms. The van der Waals surface area contributed by atoms with Crippen molar-refractivity contribution in [3.05, 3.63) is 57.8 Å². The van der Waals surface area contributed by atoms with Gasteiger partial charge >= 0.3 is 0 Å². The number of thiophene rings is 1. The molecule has 2 aromatic rings. The zero-order chi connectivity index (χ0) is 13.7. The van der Waals surface area contributed by atoms with E-state index < -0.39 is 0 Å². The predicted octanol–water partition coefficient (Wildman–Crippen LogP) is 4.02. The molecular formula is C15H16ClNOS. The van der Waals surface area contributed by atoms with Crippen molar-refractivity contribution < 1.29 is 4.79 Å². The van der Waals surface area contributed by atoms with Gasteiger partial charge in [0.1, 0.15) is 0 Å². The molecule has 4 heteroatoms. The Kier molecular flexibility index (Phi) is 5.00. The Morgan fingerprint density at radius 3 is 2.74 bits per heavy atom.